The van der Waals surface area contributed by atoms with Crippen LogP contribution in [0.25, 0.3) is 17.4 Å². The van der Waals surface area contributed by atoms with E-state index in [0.717, 1.165) is 48.3 Å². The lowest BCUT2D eigenvalue weighted by Crippen LogP contribution is -2.15. The van der Waals surface area contributed by atoms with Gasteiger partial charge in [-0.15, -0.1) is 0 Å². The van der Waals surface area contributed by atoms with Gasteiger partial charge < -0.3 is 10.2 Å². The van der Waals surface area contributed by atoms with Crippen molar-refractivity contribution < 1.29 is 9.63 Å². The summed E-state index contributed by atoms with van der Waals surface area (Å²) in [5.74, 6) is 0.582. The molecule has 0 radical (unpaired) electrons. The summed E-state index contributed by atoms with van der Waals surface area (Å²) in [5.41, 5.74) is 4.78. The van der Waals surface area contributed by atoms with Crippen LogP contribution in [0, 0.1) is 0 Å². The highest BCUT2D eigenvalue weighted by molar-refractivity contribution is 6.07. The van der Waals surface area contributed by atoms with Crippen LogP contribution < -0.4 is 5.32 Å². The van der Waals surface area contributed by atoms with Crippen LogP contribution in [0.1, 0.15) is 53.2 Å². The number of nitrogens with one attached hydrogen (secondary N) is 1. The van der Waals surface area contributed by atoms with Gasteiger partial charge in [0.05, 0.1) is 23.3 Å². The second-order valence-electron chi connectivity index (χ2n) is 8.18. The first-order valence-corrected chi connectivity index (χ1v) is 11.2. The summed E-state index contributed by atoms with van der Waals surface area (Å²) >= 11 is 0. The SMILES string of the molecule is C=Cc1ccc(-n2nc(C3CCC(=NOC)CC3)cc2NC(=O)c2cnn3cccnc23)cc1. The first kappa shape index (κ1) is 21.6. The molecule has 0 aliphatic heterocycles. The zero-order chi connectivity index (χ0) is 23.5. The third kappa shape index (κ3) is 4.19. The topological polar surface area (TPSA) is 98.7 Å². The molecule has 1 N–H and O–H groups in total. The number of amides is 1. The summed E-state index contributed by atoms with van der Waals surface area (Å²) < 4.78 is 3.35. The van der Waals surface area contributed by atoms with Gasteiger partial charge in [0, 0.05) is 24.4 Å². The molecule has 1 amide bonds. The van der Waals surface area contributed by atoms with Crippen LogP contribution in [-0.2, 0) is 4.84 Å². The number of carbonyl (C=O) groups excluding carboxylic acids is 1. The third-order valence-corrected chi connectivity index (χ3v) is 6.07. The highest BCUT2D eigenvalue weighted by Crippen LogP contribution is 2.33. The fourth-order valence-corrected chi connectivity index (χ4v) is 4.27. The molecule has 1 aliphatic rings. The lowest BCUT2D eigenvalue weighted by Gasteiger charge is -2.20. The molecule has 4 aromatic rings. The number of anilines is 1. The predicted octanol–water partition coefficient (Wildman–Crippen LogP) is 4.47. The van der Waals surface area contributed by atoms with Crippen LogP contribution in [0.15, 0.2) is 66.7 Å². The van der Waals surface area contributed by atoms with E-state index in [4.69, 9.17) is 9.94 Å². The molecule has 1 saturated carbocycles. The van der Waals surface area contributed by atoms with E-state index < -0.39 is 0 Å². The van der Waals surface area contributed by atoms with Crippen molar-refractivity contribution >= 4 is 29.2 Å². The molecule has 0 saturated heterocycles. The van der Waals surface area contributed by atoms with Gasteiger partial charge in [-0.25, -0.2) is 14.2 Å². The van der Waals surface area contributed by atoms with Crippen LogP contribution in [0.4, 0.5) is 5.82 Å². The second-order valence-corrected chi connectivity index (χ2v) is 8.18. The zero-order valence-corrected chi connectivity index (χ0v) is 18.9. The van der Waals surface area contributed by atoms with Crippen molar-refractivity contribution in [3.8, 4) is 5.69 Å². The van der Waals surface area contributed by atoms with Crippen LogP contribution in [0.5, 0.6) is 0 Å². The average Bonchev–Trinajstić information content (AvgIpc) is 3.49. The summed E-state index contributed by atoms with van der Waals surface area (Å²) in [7, 11) is 1.58. The van der Waals surface area contributed by atoms with E-state index in [9.17, 15) is 4.79 Å². The van der Waals surface area contributed by atoms with Crippen molar-refractivity contribution in [2.24, 2.45) is 5.16 Å². The number of oxime groups is 1. The molecule has 1 aliphatic carbocycles. The number of benzene rings is 1. The minimum Gasteiger partial charge on any atom is -0.399 e. The largest absolute Gasteiger partial charge is 0.399 e. The molecule has 0 unspecified atom stereocenters. The van der Waals surface area contributed by atoms with Gasteiger partial charge in [0.15, 0.2) is 5.65 Å². The quantitative estimate of drug-likeness (QED) is 0.433. The maximum absolute atomic E-state index is 13.2. The van der Waals surface area contributed by atoms with E-state index in [2.05, 4.69) is 27.1 Å². The Balaban J connectivity index is 1.47. The predicted molar refractivity (Wildman–Crippen MR) is 130 cm³/mol. The third-order valence-electron chi connectivity index (χ3n) is 6.07. The van der Waals surface area contributed by atoms with Crippen molar-refractivity contribution in [3.05, 3.63) is 78.4 Å². The van der Waals surface area contributed by atoms with Gasteiger partial charge in [-0.3, -0.25) is 4.79 Å². The van der Waals surface area contributed by atoms with Gasteiger partial charge >= 0.3 is 0 Å². The summed E-state index contributed by atoms with van der Waals surface area (Å²) in [4.78, 5) is 22.4. The van der Waals surface area contributed by atoms with Crippen molar-refractivity contribution in [3.63, 3.8) is 0 Å². The molecule has 5 rings (SSSR count). The molecule has 0 spiro atoms. The molecule has 172 valence electrons. The van der Waals surface area contributed by atoms with Gasteiger partial charge in [0.2, 0.25) is 0 Å². The molecular formula is C25H25N7O2. The second kappa shape index (κ2) is 9.30. The van der Waals surface area contributed by atoms with Crippen molar-refractivity contribution in [2.75, 3.05) is 12.4 Å². The highest BCUT2D eigenvalue weighted by atomic mass is 16.6. The molecule has 1 fully saturated rings. The Hall–Kier alpha value is -4.27. The zero-order valence-electron chi connectivity index (χ0n) is 18.9. The number of aromatic nitrogens is 5. The van der Waals surface area contributed by atoms with E-state index >= 15 is 0 Å². The van der Waals surface area contributed by atoms with E-state index in [1.807, 2.05) is 30.3 Å². The van der Waals surface area contributed by atoms with E-state index in [-0.39, 0.29) is 11.8 Å². The maximum atomic E-state index is 13.2. The highest BCUT2D eigenvalue weighted by Gasteiger charge is 2.25. The number of hydrogen-bond donors (Lipinski definition) is 1. The lowest BCUT2D eigenvalue weighted by atomic mass is 9.86. The summed E-state index contributed by atoms with van der Waals surface area (Å²) in [6, 6.07) is 11.6. The molecule has 0 bridgehead atoms. The summed E-state index contributed by atoms with van der Waals surface area (Å²) in [6.45, 7) is 3.82. The molecule has 34 heavy (non-hydrogen) atoms. The fraction of sp³-hybridized carbons (Fsp3) is 0.240. The van der Waals surface area contributed by atoms with Crippen molar-refractivity contribution in [2.45, 2.75) is 31.6 Å². The Kier molecular flexibility index (Phi) is 5.90. The number of nitrogens with zero attached hydrogens (tertiary/aromatic N) is 6. The molecule has 0 atom stereocenters. The number of hydrogen-bond acceptors (Lipinski definition) is 6. The number of carbonyl (C=O) groups is 1. The molecule has 1 aromatic carbocycles. The first-order chi connectivity index (χ1) is 16.7. The van der Waals surface area contributed by atoms with Gasteiger partial charge in [-0.2, -0.15) is 10.2 Å². The smallest absolute Gasteiger partial charge is 0.262 e. The Morgan fingerprint density at radius 2 is 2.06 bits per heavy atom. The molecular weight excluding hydrogens is 430 g/mol. The molecule has 3 heterocycles. The normalized spacial score (nSPS) is 15.8. The van der Waals surface area contributed by atoms with E-state index in [1.54, 1.807) is 40.8 Å². The van der Waals surface area contributed by atoms with Crippen molar-refractivity contribution in [1.29, 1.82) is 0 Å². The van der Waals surface area contributed by atoms with Gasteiger partial charge in [-0.1, -0.05) is 29.9 Å². The van der Waals surface area contributed by atoms with E-state index in [0.29, 0.717) is 17.0 Å². The average molecular weight is 456 g/mol. The fourth-order valence-electron chi connectivity index (χ4n) is 4.27. The Morgan fingerprint density at radius 1 is 1.26 bits per heavy atom. The monoisotopic (exact) mass is 455 g/mol. The van der Waals surface area contributed by atoms with Gasteiger partial charge in [0.25, 0.3) is 5.91 Å². The van der Waals surface area contributed by atoms with Crippen LogP contribution >= 0.6 is 0 Å². The van der Waals surface area contributed by atoms with Crippen LogP contribution in [-0.4, -0.2) is 43.1 Å². The van der Waals surface area contributed by atoms with Gasteiger partial charge in [-0.05, 0) is 49.4 Å². The molecule has 9 nitrogen and oxygen atoms in total. The minimum atomic E-state index is -0.290. The first-order valence-electron chi connectivity index (χ1n) is 11.2. The summed E-state index contributed by atoms with van der Waals surface area (Å²) in [6.07, 6.45) is 10.3. The molecule has 3 aromatic heterocycles. The van der Waals surface area contributed by atoms with Gasteiger partial charge in [0.1, 0.15) is 18.5 Å². The van der Waals surface area contributed by atoms with Crippen LogP contribution in [0.2, 0.25) is 0 Å². The minimum absolute atomic E-state index is 0.277. The van der Waals surface area contributed by atoms with Crippen LogP contribution in [0.3, 0.4) is 0 Å². The standard InChI is InChI=1S/C25H25N7O2/c1-3-17-5-11-20(12-6-17)32-23(15-22(29-32)18-7-9-19(10-8-18)30-34-2)28-25(33)21-16-27-31-14-4-13-26-24(21)31/h3-6,11-16,18H,1,7-10H2,2H3,(H,28,33). The Morgan fingerprint density at radius 3 is 2.79 bits per heavy atom. The summed E-state index contributed by atoms with van der Waals surface area (Å²) in [5, 5.41) is 16.2. The van der Waals surface area contributed by atoms with Crippen molar-refractivity contribution in [1.82, 2.24) is 24.4 Å². The van der Waals surface area contributed by atoms with E-state index in [1.165, 1.54) is 6.20 Å². The number of fused-ring (bicyclic) bond motifs is 1. The maximum Gasteiger partial charge on any atom is 0.262 e. The number of rotatable bonds is 6. The Bertz CT molecular complexity index is 1360. The Labute approximate surface area is 196 Å². The molecule has 9 heteroatoms. The lowest BCUT2D eigenvalue weighted by molar-refractivity contribution is 0.102.